The first kappa shape index (κ1) is 19.4. The van der Waals surface area contributed by atoms with Crippen LogP contribution in [0.1, 0.15) is 45.7 Å². The molecule has 0 aliphatic carbocycles. The number of carbonyl (C=O) groups is 4. The van der Waals surface area contributed by atoms with Crippen molar-refractivity contribution < 1.29 is 19.2 Å². The number of carbonyl (C=O) groups excluding carboxylic acids is 4. The average molecular weight is 350 g/mol. The Kier molecular flexibility index (Phi) is 5.98. The van der Waals surface area contributed by atoms with Gasteiger partial charge >= 0.3 is 0 Å². The van der Waals surface area contributed by atoms with Crippen LogP contribution in [0.25, 0.3) is 0 Å². The molecule has 0 aliphatic rings. The highest BCUT2D eigenvalue weighted by molar-refractivity contribution is 6.20. The summed E-state index contributed by atoms with van der Waals surface area (Å²) in [5, 5.41) is 0. The first-order valence-corrected chi connectivity index (χ1v) is 8.45. The summed E-state index contributed by atoms with van der Waals surface area (Å²) in [5.41, 5.74) is 2.38. The number of benzene rings is 2. The van der Waals surface area contributed by atoms with Gasteiger partial charge in [-0.2, -0.15) is 0 Å². The van der Waals surface area contributed by atoms with E-state index in [2.05, 4.69) is 0 Å². The Bertz CT molecular complexity index is 806. The molecule has 0 saturated heterocycles. The number of rotatable bonds is 7. The summed E-state index contributed by atoms with van der Waals surface area (Å²) < 4.78 is 0. The second-order valence-electron chi connectivity index (χ2n) is 6.64. The van der Waals surface area contributed by atoms with Crippen LogP contribution in [0, 0.1) is 25.7 Å². The van der Waals surface area contributed by atoms with Gasteiger partial charge in [0.2, 0.25) is 0 Å². The third-order valence-corrected chi connectivity index (χ3v) is 4.38. The van der Waals surface area contributed by atoms with Crippen molar-refractivity contribution in [1.29, 1.82) is 0 Å². The van der Waals surface area contributed by atoms with Crippen molar-refractivity contribution in [1.82, 2.24) is 0 Å². The summed E-state index contributed by atoms with van der Waals surface area (Å²) in [4.78, 5) is 50.5. The Morgan fingerprint density at radius 2 is 1.00 bits per heavy atom. The SMILES string of the molecule is CC(=O)C(C(=O)c1cccc(C)c1)C(C(C)=O)C(=O)c1cccc(C)c1. The van der Waals surface area contributed by atoms with E-state index in [0.717, 1.165) is 11.1 Å². The molecule has 0 fully saturated rings. The van der Waals surface area contributed by atoms with E-state index in [0.29, 0.717) is 11.1 Å². The summed E-state index contributed by atoms with van der Waals surface area (Å²) in [6.07, 6.45) is 0. The van der Waals surface area contributed by atoms with E-state index < -0.39 is 35.0 Å². The van der Waals surface area contributed by atoms with Gasteiger partial charge < -0.3 is 0 Å². The Morgan fingerprint density at radius 1 is 0.654 bits per heavy atom. The van der Waals surface area contributed by atoms with Crippen LogP contribution in [0.5, 0.6) is 0 Å². The van der Waals surface area contributed by atoms with Gasteiger partial charge in [0.1, 0.15) is 11.6 Å². The molecule has 0 amide bonds. The largest absolute Gasteiger partial charge is 0.299 e. The normalized spacial score (nSPS) is 12.9. The lowest BCUT2D eigenvalue weighted by Gasteiger charge is -2.21. The first-order valence-electron chi connectivity index (χ1n) is 8.45. The molecule has 4 nitrogen and oxygen atoms in total. The highest BCUT2D eigenvalue weighted by Crippen LogP contribution is 2.25. The van der Waals surface area contributed by atoms with Crippen LogP contribution in [0.4, 0.5) is 0 Å². The van der Waals surface area contributed by atoms with E-state index in [1.165, 1.54) is 13.8 Å². The third kappa shape index (κ3) is 4.20. The van der Waals surface area contributed by atoms with Gasteiger partial charge in [-0.1, -0.05) is 47.5 Å². The van der Waals surface area contributed by atoms with Gasteiger partial charge in [-0.3, -0.25) is 19.2 Å². The van der Waals surface area contributed by atoms with Crippen LogP contribution >= 0.6 is 0 Å². The van der Waals surface area contributed by atoms with Crippen LogP contribution in [0.2, 0.25) is 0 Å². The molecular formula is C22H22O4. The Balaban J connectivity index is 2.50. The summed E-state index contributed by atoms with van der Waals surface area (Å²) in [5.74, 6) is -4.61. The van der Waals surface area contributed by atoms with Crippen LogP contribution in [0.3, 0.4) is 0 Å². The fourth-order valence-electron chi connectivity index (χ4n) is 3.10. The maximum atomic E-state index is 13.0. The van der Waals surface area contributed by atoms with Gasteiger partial charge in [0.15, 0.2) is 11.6 Å². The summed E-state index contributed by atoms with van der Waals surface area (Å²) in [6.45, 7) is 6.16. The fraction of sp³-hybridized carbons (Fsp3) is 0.273. The van der Waals surface area contributed by atoms with Crippen molar-refractivity contribution in [2.45, 2.75) is 27.7 Å². The monoisotopic (exact) mass is 350 g/mol. The van der Waals surface area contributed by atoms with Gasteiger partial charge in [0, 0.05) is 11.1 Å². The van der Waals surface area contributed by atoms with E-state index in [1.54, 1.807) is 36.4 Å². The van der Waals surface area contributed by atoms with Crippen LogP contribution in [0.15, 0.2) is 48.5 Å². The third-order valence-electron chi connectivity index (χ3n) is 4.38. The zero-order valence-corrected chi connectivity index (χ0v) is 15.4. The van der Waals surface area contributed by atoms with Gasteiger partial charge in [0.05, 0.1) is 11.8 Å². The number of hydrogen-bond acceptors (Lipinski definition) is 4. The predicted octanol–water partition coefficient (Wildman–Crippen LogP) is 3.78. The number of hydrogen-bond donors (Lipinski definition) is 0. The smallest absolute Gasteiger partial charge is 0.174 e. The molecule has 0 saturated carbocycles. The quantitative estimate of drug-likeness (QED) is 0.563. The van der Waals surface area contributed by atoms with E-state index in [4.69, 9.17) is 0 Å². The zero-order chi connectivity index (χ0) is 19.4. The van der Waals surface area contributed by atoms with E-state index in [-0.39, 0.29) is 0 Å². The number of aryl methyl sites for hydroxylation is 2. The number of ketones is 4. The fourth-order valence-corrected chi connectivity index (χ4v) is 3.10. The average Bonchev–Trinajstić information content (AvgIpc) is 2.57. The zero-order valence-electron chi connectivity index (χ0n) is 15.4. The minimum absolute atomic E-state index is 0.327. The van der Waals surface area contributed by atoms with Gasteiger partial charge in [-0.15, -0.1) is 0 Å². The molecule has 0 spiro atoms. The topological polar surface area (TPSA) is 68.3 Å². The Labute approximate surface area is 153 Å². The van der Waals surface area contributed by atoms with E-state index in [9.17, 15) is 19.2 Å². The molecule has 0 bridgehead atoms. The molecule has 0 heterocycles. The van der Waals surface area contributed by atoms with Crippen molar-refractivity contribution in [3.63, 3.8) is 0 Å². The second-order valence-corrected chi connectivity index (χ2v) is 6.64. The first-order chi connectivity index (χ1) is 12.2. The molecule has 134 valence electrons. The van der Waals surface area contributed by atoms with E-state index in [1.807, 2.05) is 26.0 Å². The standard InChI is InChI=1S/C22H22O4/c1-13-7-5-9-17(11-13)21(25)19(15(3)23)20(16(4)24)22(26)18-10-6-8-14(2)12-18/h5-12,19-20H,1-4H3. The maximum Gasteiger partial charge on any atom is 0.174 e. The highest BCUT2D eigenvalue weighted by atomic mass is 16.2. The van der Waals surface area contributed by atoms with Crippen molar-refractivity contribution in [2.75, 3.05) is 0 Å². The molecular weight excluding hydrogens is 328 g/mol. The Hall–Kier alpha value is -2.88. The molecule has 2 rings (SSSR count). The summed E-state index contributed by atoms with van der Waals surface area (Å²) >= 11 is 0. The van der Waals surface area contributed by atoms with Crippen molar-refractivity contribution >= 4 is 23.1 Å². The van der Waals surface area contributed by atoms with Crippen LogP contribution < -0.4 is 0 Å². The maximum absolute atomic E-state index is 13.0. The Morgan fingerprint density at radius 3 is 1.27 bits per heavy atom. The van der Waals surface area contributed by atoms with Crippen LogP contribution in [-0.4, -0.2) is 23.1 Å². The van der Waals surface area contributed by atoms with Crippen molar-refractivity contribution in [3.8, 4) is 0 Å². The summed E-state index contributed by atoms with van der Waals surface area (Å²) in [7, 11) is 0. The number of Topliss-reactive ketones (excluding diaryl/α,β-unsaturated/α-hetero) is 4. The van der Waals surface area contributed by atoms with Gasteiger partial charge in [-0.05, 0) is 39.8 Å². The van der Waals surface area contributed by atoms with Crippen LogP contribution in [-0.2, 0) is 9.59 Å². The molecule has 0 radical (unpaired) electrons. The molecule has 0 N–H and O–H groups in total. The molecule has 4 heteroatoms. The molecule has 0 aliphatic heterocycles. The van der Waals surface area contributed by atoms with Crippen molar-refractivity contribution in [3.05, 3.63) is 70.8 Å². The van der Waals surface area contributed by atoms with Gasteiger partial charge in [0.25, 0.3) is 0 Å². The predicted molar refractivity (Wildman–Crippen MR) is 99.4 cm³/mol. The molecule has 26 heavy (non-hydrogen) atoms. The summed E-state index contributed by atoms with van der Waals surface area (Å²) in [6, 6.07) is 13.6. The molecule has 2 unspecified atom stereocenters. The lowest BCUT2D eigenvalue weighted by Crippen LogP contribution is -2.39. The lowest BCUT2D eigenvalue weighted by molar-refractivity contribution is -0.127. The van der Waals surface area contributed by atoms with Gasteiger partial charge in [-0.25, -0.2) is 0 Å². The molecule has 2 aromatic carbocycles. The molecule has 0 aromatic heterocycles. The van der Waals surface area contributed by atoms with Crippen molar-refractivity contribution in [2.24, 2.45) is 11.8 Å². The molecule has 2 atom stereocenters. The lowest BCUT2D eigenvalue weighted by atomic mass is 9.76. The highest BCUT2D eigenvalue weighted by Gasteiger charge is 2.40. The van der Waals surface area contributed by atoms with E-state index >= 15 is 0 Å². The minimum Gasteiger partial charge on any atom is -0.299 e. The minimum atomic E-state index is -1.32. The molecule has 2 aromatic rings. The second kappa shape index (κ2) is 8.00.